The zero-order valence-corrected chi connectivity index (χ0v) is 11.8. The van der Waals surface area contributed by atoms with Gasteiger partial charge in [-0.15, -0.1) is 11.8 Å². The number of hydrogen-bond acceptors (Lipinski definition) is 3. The lowest BCUT2D eigenvalue weighted by Crippen LogP contribution is -2.19. The van der Waals surface area contributed by atoms with E-state index in [-0.39, 0.29) is 0 Å². The molecular weight excluding hydrogens is 234 g/mol. The predicted molar refractivity (Wildman–Crippen MR) is 77.9 cm³/mol. The van der Waals surface area contributed by atoms with Crippen LogP contribution < -0.4 is 5.32 Å². The third-order valence-corrected chi connectivity index (χ3v) is 3.41. The largest absolute Gasteiger partial charge is 0.316 e. The zero-order chi connectivity index (χ0) is 11.8. The molecule has 1 aromatic rings. The van der Waals surface area contributed by atoms with Crippen molar-refractivity contribution in [3.05, 3.63) is 29.8 Å². The normalized spacial score (nSPS) is 11.0. The number of nitrogens with one attached hydrogen (secondary N) is 1. The molecule has 0 bridgehead atoms. The molecule has 0 heterocycles. The van der Waals surface area contributed by atoms with Crippen LogP contribution in [-0.2, 0) is 6.42 Å². The topological polar surface area (TPSA) is 12.0 Å². The average Bonchev–Trinajstić information content (AvgIpc) is 2.26. The molecule has 0 saturated heterocycles. The first-order valence-corrected chi connectivity index (χ1v) is 7.30. The Morgan fingerprint density at radius 3 is 2.44 bits per heavy atom. The van der Waals surface area contributed by atoms with Crippen LogP contribution in [0.1, 0.15) is 19.4 Å². The quantitative estimate of drug-likeness (QED) is 0.441. The molecule has 90 valence electrons. The highest BCUT2D eigenvalue weighted by molar-refractivity contribution is 7.99. The van der Waals surface area contributed by atoms with E-state index in [0.29, 0.717) is 5.25 Å². The van der Waals surface area contributed by atoms with E-state index >= 15 is 0 Å². The molecule has 0 aliphatic rings. The predicted octanol–water partition coefficient (Wildman–Crippen LogP) is 3.25. The summed E-state index contributed by atoms with van der Waals surface area (Å²) in [6.07, 6.45) is 1.10. The van der Waals surface area contributed by atoms with Gasteiger partial charge in [-0.05, 0) is 30.7 Å². The minimum absolute atomic E-state index is 0.655. The Morgan fingerprint density at radius 1 is 1.19 bits per heavy atom. The molecule has 0 radical (unpaired) electrons. The maximum atomic E-state index is 4.16. The minimum atomic E-state index is 0.655. The van der Waals surface area contributed by atoms with Crippen LogP contribution in [0.25, 0.3) is 0 Å². The van der Waals surface area contributed by atoms with Crippen molar-refractivity contribution in [3.8, 4) is 0 Å². The molecule has 1 N–H and O–H groups in total. The molecule has 0 fully saturated rings. The van der Waals surface area contributed by atoms with E-state index in [2.05, 4.69) is 56.1 Å². The van der Waals surface area contributed by atoms with Crippen LogP contribution in [0, 0.1) is 0 Å². The molecule has 0 atom stereocenters. The maximum absolute atomic E-state index is 4.16. The van der Waals surface area contributed by atoms with Gasteiger partial charge >= 0.3 is 0 Å². The average molecular weight is 255 g/mol. The molecule has 1 nitrogen and oxygen atoms in total. The highest BCUT2D eigenvalue weighted by atomic mass is 32.2. The lowest BCUT2D eigenvalue weighted by Gasteiger charge is -2.06. The molecule has 0 unspecified atom stereocenters. The summed E-state index contributed by atoms with van der Waals surface area (Å²) in [4.78, 5) is 1.36. The van der Waals surface area contributed by atoms with Crippen molar-refractivity contribution >= 4 is 24.4 Å². The number of thioether (sulfide) groups is 1. The van der Waals surface area contributed by atoms with E-state index in [1.807, 2.05) is 11.8 Å². The molecule has 0 aromatic heterocycles. The molecule has 0 amide bonds. The molecule has 16 heavy (non-hydrogen) atoms. The van der Waals surface area contributed by atoms with Crippen molar-refractivity contribution in [1.82, 2.24) is 5.32 Å². The lowest BCUT2D eigenvalue weighted by molar-refractivity contribution is 0.721. The first kappa shape index (κ1) is 13.9. The standard InChI is InChI=1S/C13H21NS2/c1-11(2)16-13-5-3-12(4-6-13)7-8-14-9-10-15/h3-6,11,14-15H,7-10H2,1-2H3. The summed E-state index contributed by atoms with van der Waals surface area (Å²) < 4.78 is 0. The summed E-state index contributed by atoms with van der Waals surface area (Å²) >= 11 is 6.07. The molecule has 0 spiro atoms. The minimum Gasteiger partial charge on any atom is -0.316 e. The highest BCUT2D eigenvalue weighted by Gasteiger charge is 1.98. The number of thiol groups is 1. The SMILES string of the molecule is CC(C)Sc1ccc(CCNCCS)cc1. The Kier molecular flexibility index (Phi) is 7.01. The van der Waals surface area contributed by atoms with Crippen LogP contribution in [0.2, 0.25) is 0 Å². The second-order valence-electron chi connectivity index (χ2n) is 4.03. The summed E-state index contributed by atoms with van der Waals surface area (Å²) in [5.41, 5.74) is 1.40. The summed E-state index contributed by atoms with van der Waals surface area (Å²) in [7, 11) is 0. The number of benzene rings is 1. The van der Waals surface area contributed by atoms with E-state index in [4.69, 9.17) is 0 Å². The summed E-state index contributed by atoms with van der Waals surface area (Å²) in [6, 6.07) is 8.90. The van der Waals surface area contributed by atoms with Gasteiger partial charge in [0, 0.05) is 22.4 Å². The molecule has 3 heteroatoms. The first-order chi connectivity index (χ1) is 7.72. The Balaban J connectivity index is 2.33. The van der Waals surface area contributed by atoms with Gasteiger partial charge in [0.2, 0.25) is 0 Å². The Labute approximate surface area is 109 Å². The maximum Gasteiger partial charge on any atom is 0.00747 e. The Morgan fingerprint density at radius 2 is 1.88 bits per heavy atom. The van der Waals surface area contributed by atoms with Gasteiger partial charge in [-0.1, -0.05) is 26.0 Å². The van der Waals surface area contributed by atoms with E-state index in [1.165, 1.54) is 10.5 Å². The van der Waals surface area contributed by atoms with E-state index < -0.39 is 0 Å². The third kappa shape index (κ3) is 5.83. The van der Waals surface area contributed by atoms with Gasteiger partial charge in [-0.2, -0.15) is 12.6 Å². The smallest absolute Gasteiger partial charge is 0.00747 e. The van der Waals surface area contributed by atoms with Crippen LogP contribution in [0.15, 0.2) is 29.2 Å². The van der Waals surface area contributed by atoms with Crippen molar-refractivity contribution in [2.45, 2.75) is 30.4 Å². The fourth-order valence-corrected chi connectivity index (χ4v) is 2.44. The van der Waals surface area contributed by atoms with Crippen molar-refractivity contribution in [2.24, 2.45) is 0 Å². The van der Waals surface area contributed by atoms with E-state index in [1.54, 1.807) is 0 Å². The van der Waals surface area contributed by atoms with Gasteiger partial charge < -0.3 is 5.32 Å². The summed E-state index contributed by atoms with van der Waals surface area (Å²) in [5.74, 6) is 0.907. The van der Waals surface area contributed by atoms with Gasteiger partial charge in [0.1, 0.15) is 0 Å². The van der Waals surface area contributed by atoms with Crippen molar-refractivity contribution in [3.63, 3.8) is 0 Å². The zero-order valence-electron chi connectivity index (χ0n) is 10.1. The van der Waals surface area contributed by atoms with Gasteiger partial charge in [0.25, 0.3) is 0 Å². The Hall–Kier alpha value is -0.120. The van der Waals surface area contributed by atoms with Gasteiger partial charge in [0.05, 0.1) is 0 Å². The monoisotopic (exact) mass is 255 g/mol. The molecule has 0 aliphatic carbocycles. The van der Waals surface area contributed by atoms with Crippen LogP contribution >= 0.6 is 24.4 Å². The summed E-state index contributed by atoms with van der Waals surface area (Å²) in [5, 5.41) is 4.00. The third-order valence-electron chi connectivity index (χ3n) is 2.17. The molecule has 1 aromatic carbocycles. The van der Waals surface area contributed by atoms with Gasteiger partial charge in [0.15, 0.2) is 0 Å². The van der Waals surface area contributed by atoms with E-state index in [0.717, 1.165) is 25.3 Å². The second kappa shape index (κ2) is 8.04. The molecule has 0 saturated carbocycles. The van der Waals surface area contributed by atoms with Gasteiger partial charge in [-0.3, -0.25) is 0 Å². The molecule has 0 aliphatic heterocycles. The number of rotatable bonds is 7. The fourth-order valence-electron chi connectivity index (χ4n) is 1.44. The summed E-state index contributed by atoms with van der Waals surface area (Å²) in [6.45, 7) is 6.47. The van der Waals surface area contributed by atoms with E-state index in [9.17, 15) is 0 Å². The molecule has 1 rings (SSSR count). The van der Waals surface area contributed by atoms with Crippen LogP contribution in [0.5, 0.6) is 0 Å². The van der Waals surface area contributed by atoms with Crippen molar-refractivity contribution in [2.75, 3.05) is 18.8 Å². The second-order valence-corrected chi connectivity index (χ2v) is 6.13. The lowest BCUT2D eigenvalue weighted by atomic mass is 10.1. The Bertz CT molecular complexity index is 282. The van der Waals surface area contributed by atoms with Crippen LogP contribution in [-0.4, -0.2) is 24.1 Å². The highest BCUT2D eigenvalue weighted by Crippen LogP contribution is 2.22. The number of hydrogen-bond donors (Lipinski definition) is 2. The van der Waals surface area contributed by atoms with Crippen LogP contribution in [0.3, 0.4) is 0 Å². The first-order valence-electron chi connectivity index (χ1n) is 5.79. The van der Waals surface area contributed by atoms with Gasteiger partial charge in [-0.25, -0.2) is 0 Å². The van der Waals surface area contributed by atoms with Crippen LogP contribution in [0.4, 0.5) is 0 Å². The van der Waals surface area contributed by atoms with Crippen molar-refractivity contribution in [1.29, 1.82) is 0 Å². The fraction of sp³-hybridized carbons (Fsp3) is 0.538. The van der Waals surface area contributed by atoms with Crippen molar-refractivity contribution < 1.29 is 0 Å². The molecular formula is C13H21NS2.